The van der Waals surface area contributed by atoms with E-state index in [1.54, 1.807) is 0 Å². The summed E-state index contributed by atoms with van der Waals surface area (Å²) in [5.74, 6) is 0.966. The fourth-order valence-electron chi connectivity index (χ4n) is 2.77. The lowest BCUT2D eigenvalue weighted by molar-refractivity contribution is 1.10. The molecule has 0 bridgehead atoms. The fraction of sp³-hybridized carbons (Fsp3) is 0.0500. The molecule has 4 aromatic rings. The lowest BCUT2D eigenvalue weighted by Gasteiger charge is -2.10. The number of para-hydroxylation sites is 2. The normalized spacial score (nSPS) is 11.0. The molecule has 0 saturated heterocycles. The molecule has 0 radical (unpaired) electrons. The van der Waals surface area contributed by atoms with E-state index in [0.29, 0.717) is 0 Å². The van der Waals surface area contributed by atoms with Crippen LogP contribution in [0.5, 0.6) is 0 Å². The highest BCUT2D eigenvalue weighted by atomic mass is 79.9. The van der Waals surface area contributed by atoms with Crippen molar-refractivity contribution in [3.05, 3.63) is 82.8 Å². The van der Waals surface area contributed by atoms with Crippen molar-refractivity contribution in [3.63, 3.8) is 0 Å². The van der Waals surface area contributed by atoms with Gasteiger partial charge in [-0.3, -0.25) is 4.57 Å². The first-order chi connectivity index (χ1) is 11.2. The second kappa shape index (κ2) is 5.67. The Kier molecular flexibility index (Phi) is 3.50. The fourth-order valence-corrected chi connectivity index (χ4v) is 3.04. The smallest absolute Gasteiger partial charge is 0.145 e. The Bertz CT molecular complexity index is 967. The van der Waals surface area contributed by atoms with Gasteiger partial charge in [-0.25, -0.2) is 4.98 Å². The van der Waals surface area contributed by atoms with Gasteiger partial charge in [0.05, 0.1) is 11.0 Å². The van der Waals surface area contributed by atoms with Crippen LogP contribution >= 0.6 is 15.9 Å². The Morgan fingerprint density at radius 1 is 0.826 bits per heavy atom. The summed E-state index contributed by atoms with van der Waals surface area (Å²) in [6.07, 6.45) is 0. The average Bonchev–Trinajstić information content (AvgIpc) is 2.96. The van der Waals surface area contributed by atoms with E-state index < -0.39 is 0 Å². The van der Waals surface area contributed by atoms with Crippen LogP contribution in [0.3, 0.4) is 0 Å². The van der Waals surface area contributed by atoms with Crippen LogP contribution in [0.15, 0.2) is 77.3 Å². The van der Waals surface area contributed by atoms with Crippen LogP contribution in [0.25, 0.3) is 28.1 Å². The summed E-state index contributed by atoms with van der Waals surface area (Å²) >= 11 is 3.50. The third-order valence-electron chi connectivity index (χ3n) is 3.96. The van der Waals surface area contributed by atoms with Crippen LogP contribution in [0.2, 0.25) is 0 Å². The van der Waals surface area contributed by atoms with E-state index in [1.807, 2.05) is 6.07 Å². The number of nitrogens with zero attached hydrogens (tertiary/aromatic N) is 2. The maximum absolute atomic E-state index is 4.86. The molecule has 2 nitrogen and oxygen atoms in total. The lowest BCUT2D eigenvalue weighted by Crippen LogP contribution is -1.97. The summed E-state index contributed by atoms with van der Waals surface area (Å²) in [4.78, 5) is 4.86. The first-order valence-electron chi connectivity index (χ1n) is 7.53. The first-order valence-corrected chi connectivity index (χ1v) is 8.32. The highest BCUT2D eigenvalue weighted by molar-refractivity contribution is 9.10. The number of halogens is 1. The zero-order valence-corrected chi connectivity index (χ0v) is 14.3. The van der Waals surface area contributed by atoms with Gasteiger partial charge < -0.3 is 0 Å². The molecule has 0 fully saturated rings. The molecule has 4 rings (SSSR count). The Hall–Kier alpha value is -2.39. The van der Waals surface area contributed by atoms with Crippen molar-refractivity contribution in [1.29, 1.82) is 0 Å². The van der Waals surface area contributed by atoms with E-state index in [0.717, 1.165) is 32.6 Å². The monoisotopic (exact) mass is 362 g/mol. The van der Waals surface area contributed by atoms with Gasteiger partial charge >= 0.3 is 0 Å². The van der Waals surface area contributed by atoms with Crippen LogP contribution < -0.4 is 0 Å². The lowest BCUT2D eigenvalue weighted by atomic mass is 10.1. The van der Waals surface area contributed by atoms with E-state index >= 15 is 0 Å². The summed E-state index contributed by atoms with van der Waals surface area (Å²) < 4.78 is 3.29. The van der Waals surface area contributed by atoms with Crippen molar-refractivity contribution >= 4 is 27.0 Å². The molecule has 1 aromatic heterocycles. The Morgan fingerprint density at radius 2 is 1.52 bits per heavy atom. The van der Waals surface area contributed by atoms with E-state index in [2.05, 4.69) is 94.2 Å². The van der Waals surface area contributed by atoms with Crippen molar-refractivity contribution in [2.24, 2.45) is 0 Å². The third kappa shape index (κ3) is 2.57. The number of aryl methyl sites for hydroxylation is 1. The molecule has 0 atom stereocenters. The SMILES string of the molecule is Cc1ccc(-c2nc3ccccc3n2-c2ccc(Br)cc2)cc1. The molecule has 0 aliphatic carbocycles. The topological polar surface area (TPSA) is 17.8 Å². The number of hydrogen-bond acceptors (Lipinski definition) is 1. The minimum Gasteiger partial charge on any atom is -0.292 e. The zero-order valence-electron chi connectivity index (χ0n) is 12.7. The third-order valence-corrected chi connectivity index (χ3v) is 4.48. The quantitative estimate of drug-likeness (QED) is 0.443. The van der Waals surface area contributed by atoms with Crippen molar-refractivity contribution in [1.82, 2.24) is 9.55 Å². The van der Waals surface area contributed by atoms with E-state index in [-0.39, 0.29) is 0 Å². The average molecular weight is 363 g/mol. The van der Waals surface area contributed by atoms with Crippen molar-refractivity contribution in [2.75, 3.05) is 0 Å². The van der Waals surface area contributed by atoms with Crippen LogP contribution in [0.1, 0.15) is 5.56 Å². The molecule has 1 heterocycles. The molecule has 0 saturated carbocycles. The highest BCUT2D eigenvalue weighted by Crippen LogP contribution is 2.29. The van der Waals surface area contributed by atoms with Gasteiger partial charge in [-0.05, 0) is 43.3 Å². The molecule has 112 valence electrons. The minimum absolute atomic E-state index is 0.966. The van der Waals surface area contributed by atoms with Gasteiger partial charge in [-0.15, -0.1) is 0 Å². The zero-order chi connectivity index (χ0) is 15.8. The van der Waals surface area contributed by atoms with Gasteiger partial charge in [-0.1, -0.05) is 57.9 Å². The van der Waals surface area contributed by atoms with Gasteiger partial charge in [0.1, 0.15) is 5.82 Å². The van der Waals surface area contributed by atoms with Gasteiger partial charge in [0, 0.05) is 15.7 Å². The number of rotatable bonds is 2. The van der Waals surface area contributed by atoms with Gasteiger partial charge in [0.25, 0.3) is 0 Å². The van der Waals surface area contributed by atoms with Crippen LogP contribution in [0, 0.1) is 6.92 Å². The second-order valence-electron chi connectivity index (χ2n) is 5.60. The molecular weight excluding hydrogens is 348 g/mol. The Morgan fingerprint density at radius 3 is 2.26 bits per heavy atom. The summed E-state index contributed by atoms with van der Waals surface area (Å²) in [6, 6.07) is 25.1. The van der Waals surface area contributed by atoms with Crippen LogP contribution in [-0.2, 0) is 0 Å². The molecule has 23 heavy (non-hydrogen) atoms. The predicted octanol–water partition coefficient (Wildman–Crippen LogP) is 5.76. The maximum atomic E-state index is 4.86. The molecule has 0 unspecified atom stereocenters. The number of hydrogen-bond donors (Lipinski definition) is 0. The van der Waals surface area contributed by atoms with Gasteiger partial charge in [-0.2, -0.15) is 0 Å². The largest absolute Gasteiger partial charge is 0.292 e. The molecular formula is C20H15BrN2. The molecule has 0 N–H and O–H groups in total. The van der Waals surface area contributed by atoms with Crippen molar-refractivity contribution < 1.29 is 0 Å². The molecule has 3 heteroatoms. The van der Waals surface area contributed by atoms with Gasteiger partial charge in [0.2, 0.25) is 0 Å². The van der Waals surface area contributed by atoms with Crippen LogP contribution in [0.4, 0.5) is 0 Å². The van der Waals surface area contributed by atoms with E-state index in [1.165, 1.54) is 5.56 Å². The number of fused-ring (bicyclic) bond motifs is 1. The summed E-state index contributed by atoms with van der Waals surface area (Å²) in [5.41, 5.74) is 5.60. The van der Waals surface area contributed by atoms with E-state index in [9.17, 15) is 0 Å². The van der Waals surface area contributed by atoms with Gasteiger partial charge in [0.15, 0.2) is 0 Å². The molecule has 0 aliphatic rings. The Balaban J connectivity index is 2.01. The molecule has 3 aromatic carbocycles. The predicted molar refractivity (Wildman–Crippen MR) is 98.9 cm³/mol. The maximum Gasteiger partial charge on any atom is 0.145 e. The summed E-state index contributed by atoms with van der Waals surface area (Å²) in [6.45, 7) is 2.10. The van der Waals surface area contributed by atoms with Crippen molar-refractivity contribution in [3.8, 4) is 17.1 Å². The second-order valence-corrected chi connectivity index (χ2v) is 6.52. The highest BCUT2D eigenvalue weighted by Gasteiger charge is 2.13. The minimum atomic E-state index is 0.966. The summed E-state index contributed by atoms with van der Waals surface area (Å²) in [7, 11) is 0. The van der Waals surface area contributed by atoms with Crippen molar-refractivity contribution in [2.45, 2.75) is 6.92 Å². The Labute approximate surface area is 143 Å². The molecule has 0 aliphatic heterocycles. The standard InChI is InChI=1S/C20H15BrN2/c1-14-6-8-15(9-7-14)20-22-18-4-2-3-5-19(18)23(20)17-12-10-16(21)11-13-17/h2-13H,1H3. The number of benzene rings is 3. The van der Waals surface area contributed by atoms with Crippen LogP contribution in [-0.4, -0.2) is 9.55 Å². The molecule has 0 spiro atoms. The number of aromatic nitrogens is 2. The number of imidazole rings is 1. The van der Waals surface area contributed by atoms with E-state index in [4.69, 9.17) is 4.98 Å². The first kappa shape index (κ1) is 14.2. The molecule has 0 amide bonds. The summed E-state index contributed by atoms with van der Waals surface area (Å²) in [5, 5.41) is 0.